The van der Waals surface area contributed by atoms with Gasteiger partial charge in [-0.3, -0.25) is 9.69 Å². The molecule has 4 rings (SSSR count). The van der Waals surface area contributed by atoms with Gasteiger partial charge in [0.25, 0.3) is 5.91 Å². The molecule has 0 unspecified atom stereocenters. The van der Waals surface area contributed by atoms with E-state index in [2.05, 4.69) is 10.2 Å². The van der Waals surface area contributed by atoms with Gasteiger partial charge >= 0.3 is 6.03 Å². The number of morpholine rings is 1. The maximum absolute atomic E-state index is 13.5. The summed E-state index contributed by atoms with van der Waals surface area (Å²) in [6, 6.07) is 7.71. The molecule has 2 aliphatic heterocycles. The standard InChI is InChI=1S/C23H31N5O3S2/c1-17(2)24-23(30)27(8-7-26-9-11-31-12-10-26)16-22(29)28-19(21-6-4-14-33-21)15-18(25-28)20-5-3-13-32-20/h3-6,13-14,17,19H,7-12,15-16H2,1-2H3,(H,24,30)/t19-/m0/s1. The van der Waals surface area contributed by atoms with Crippen LogP contribution >= 0.6 is 22.7 Å². The molecule has 0 spiro atoms. The van der Waals surface area contributed by atoms with Gasteiger partial charge in [0.2, 0.25) is 0 Å². The van der Waals surface area contributed by atoms with Crippen molar-refractivity contribution in [3.8, 4) is 0 Å². The van der Waals surface area contributed by atoms with Gasteiger partial charge in [0.1, 0.15) is 6.54 Å². The van der Waals surface area contributed by atoms with Gasteiger partial charge in [-0.2, -0.15) is 5.10 Å². The minimum Gasteiger partial charge on any atom is -0.379 e. The Balaban J connectivity index is 1.49. The Kier molecular flexibility index (Phi) is 8.13. The Bertz CT molecular complexity index is 939. The zero-order chi connectivity index (χ0) is 23.2. The number of thiophene rings is 2. The molecule has 8 nitrogen and oxygen atoms in total. The fourth-order valence-electron chi connectivity index (χ4n) is 3.95. The summed E-state index contributed by atoms with van der Waals surface area (Å²) in [7, 11) is 0. The second-order valence-electron chi connectivity index (χ2n) is 8.48. The van der Waals surface area contributed by atoms with Gasteiger partial charge in [0.15, 0.2) is 0 Å². The Labute approximate surface area is 202 Å². The normalized spacial score (nSPS) is 19.1. The number of nitrogens with zero attached hydrogens (tertiary/aromatic N) is 4. The molecule has 0 saturated carbocycles. The third kappa shape index (κ3) is 6.20. The van der Waals surface area contributed by atoms with E-state index in [0.717, 1.165) is 28.6 Å². The van der Waals surface area contributed by atoms with Crippen molar-refractivity contribution >= 4 is 40.3 Å². The van der Waals surface area contributed by atoms with E-state index in [0.29, 0.717) is 32.7 Å². The molecule has 1 N–H and O–H groups in total. The number of urea groups is 1. The molecule has 1 saturated heterocycles. The summed E-state index contributed by atoms with van der Waals surface area (Å²) in [6.07, 6.45) is 0.679. The van der Waals surface area contributed by atoms with Crippen LogP contribution in [0.15, 0.2) is 40.1 Å². The number of hydrazone groups is 1. The van der Waals surface area contributed by atoms with Crippen LogP contribution in [0.25, 0.3) is 0 Å². The molecule has 0 bridgehead atoms. The fraction of sp³-hybridized carbons (Fsp3) is 0.522. The lowest BCUT2D eigenvalue weighted by molar-refractivity contribution is -0.133. The van der Waals surface area contributed by atoms with Gasteiger partial charge in [-0.25, -0.2) is 9.80 Å². The average Bonchev–Trinajstić information content (AvgIpc) is 3.57. The Hall–Kier alpha value is -2.27. The molecule has 178 valence electrons. The van der Waals surface area contributed by atoms with Crippen molar-refractivity contribution in [3.05, 3.63) is 44.8 Å². The number of hydrogen-bond donors (Lipinski definition) is 1. The fourth-order valence-corrected chi connectivity index (χ4v) is 5.48. The third-order valence-electron chi connectivity index (χ3n) is 5.66. The van der Waals surface area contributed by atoms with Gasteiger partial charge in [0, 0.05) is 43.5 Å². The first-order valence-corrected chi connectivity index (χ1v) is 13.1. The zero-order valence-corrected chi connectivity index (χ0v) is 20.7. The number of carbonyl (C=O) groups is 2. The highest BCUT2D eigenvalue weighted by Gasteiger charge is 2.35. The van der Waals surface area contributed by atoms with Crippen LogP contribution in [0.1, 0.15) is 36.1 Å². The summed E-state index contributed by atoms with van der Waals surface area (Å²) >= 11 is 3.26. The van der Waals surface area contributed by atoms with Crippen molar-refractivity contribution in [2.75, 3.05) is 45.9 Å². The highest BCUT2D eigenvalue weighted by atomic mass is 32.1. The summed E-state index contributed by atoms with van der Waals surface area (Å²) in [5, 5.41) is 13.3. The molecule has 1 fully saturated rings. The molecule has 2 aliphatic rings. The summed E-state index contributed by atoms with van der Waals surface area (Å²) in [5.41, 5.74) is 0.920. The topological polar surface area (TPSA) is 77.5 Å². The van der Waals surface area contributed by atoms with Crippen molar-refractivity contribution in [1.29, 1.82) is 0 Å². The minimum atomic E-state index is -0.221. The number of amides is 3. The van der Waals surface area contributed by atoms with Crippen LogP contribution in [-0.4, -0.2) is 84.4 Å². The number of ether oxygens (including phenoxy) is 1. The van der Waals surface area contributed by atoms with Crippen molar-refractivity contribution in [2.24, 2.45) is 5.10 Å². The van der Waals surface area contributed by atoms with E-state index >= 15 is 0 Å². The molecule has 0 aliphatic carbocycles. The molecular weight excluding hydrogens is 458 g/mol. The van der Waals surface area contributed by atoms with Crippen LogP contribution in [0, 0.1) is 0 Å². The van der Waals surface area contributed by atoms with Crippen molar-refractivity contribution < 1.29 is 14.3 Å². The predicted molar refractivity (Wildman–Crippen MR) is 132 cm³/mol. The van der Waals surface area contributed by atoms with Gasteiger partial charge < -0.3 is 15.0 Å². The van der Waals surface area contributed by atoms with E-state index < -0.39 is 0 Å². The largest absolute Gasteiger partial charge is 0.379 e. The first kappa shape index (κ1) is 23.9. The third-order valence-corrected chi connectivity index (χ3v) is 7.55. The monoisotopic (exact) mass is 489 g/mol. The predicted octanol–water partition coefficient (Wildman–Crippen LogP) is 3.24. The smallest absolute Gasteiger partial charge is 0.318 e. The van der Waals surface area contributed by atoms with Crippen molar-refractivity contribution in [2.45, 2.75) is 32.4 Å². The molecule has 2 aromatic heterocycles. The lowest BCUT2D eigenvalue weighted by Gasteiger charge is -2.31. The Morgan fingerprint density at radius 1 is 1.21 bits per heavy atom. The van der Waals surface area contributed by atoms with Crippen LogP contribution in [0.3, 0.4) is 0 Å². The minimum absolute atomic E-state index is 0.00686. The summed E-state index contributed by atoms with van der Waals surface area (Å²) < 4.78 is 5.42. The summed E-state index contributed by atoms with van der Waals surface area (Å²) in [6.45, 7) is 8.11. The molecular formula is C23H31N5O3S2. The maximum atomic E-state index is 13.5. The van der Waals surface area contributed by atoms with Crippen LogP contribution in [-0.2, 0) is 9.53 Å². The van der Waals surface area contributed by atoms with Gasteiger partial charge in [-0.1, -0.05) is 12.1 Å². The van der Waals surface area contributed by atoms with E-state index in [1.165, 1.54) is 0 Å². The average molecular weight is 490 g/mol. The van der Waals surface area contributed by atoms with E-state index in [4.69, 9.17) is 9.84 Å². The first-order valence-electron chi connectivity index (χ1n) is 11.3. The molecule has 1 atom stereocenters. The van der Waals surface area contributed by atoms with Crippen LogP contribution in [0.5, 0.6) is 0 Å². The quantitative estimate of drug-likeness (QED) is 0.618. The number of carbonyl (C=O) groups excluding carboxylic acids is 2. The van der Waals surface area contributed by atoms with Crippen molar-refractivity contribution in [1.82, 2.24) is 20.1 Å². The SMILES string of the molecule is CC(C)NC(=O)N(CCN1CCOCC1)CC(=O)N1N=C(c2cccs2)C[C@H]1c1cccs1. The van der Waals surface area contributed by atoms with E-state index in [1.807, 2.05) is 48.9 Å². The Morgan fingerprint density at radius 3 is 2.64 bits per heavy atom. The molecule has 0 aromatic carbocycles. The molecule has 2 aromatic rings. The van der Waals surface area contributed by atoms with Crippen molar-refractivity contribution in [3.63, 3.8) is 0 Å². The highest BCUT2D eigenvalue weighted by molar-refractivity contribution is 7.12. The lowest BCUT2D eigenvalue weighted by Crippen LogP contribution is -2.50. The summed E-state index contributed by atoms with van der Waals surface area (Å²) in [4.78, 5) is 32.5. The first-order chi connectivity index (χ1) is 16.0. The van der Waals surface area contributed by atoms with E-state index in [9.17, 15) is 9.59 Å². The number of hydrogen-bond acceptors (Lipinski definition) is 7. The van der Waals surface area contributed by atoms with Crippen LogP contribution in [0.4, 0.5) is 4.79 Å². The Morgan fingerprint density at radius 2 is 1.97 bits per heavy atom. The number of rotatable bonds is 8. The van der Waals surface area contributed by atoms with E-state index in [1.54, 1.807) is 32.6 Å². The van der Waals surface area contributed by atoms with Gasteiger partial charge in [0.05, 0.1) is 29.8 Å². The molecule has 0 radical (unpaired) electrons. The molecule has 4 heterocycles. The molecule has 10 heteroatoms. The second kappa shape index (κ2) is 11.2. The van der Waals surface area contributed by atoms with Gasteiger partial charge in [-0.15, -0.1) is 22.7 Å². The highest BCUT2D eigenvalue weighted by Crippen LogP contribution is 2.36. The summed E-state index contributed by atoms with van der Waals surface area (Å²) in [5.74, 6) is -0.166. The zero-order valence-electron chi connectivity index (χ0n) is 19.1. The van der Waals surface area contributed by atoms with Crippen LogP contribution < -0.4 is 5.32 Å². The second-order valence-corrected chi connectivity index (χ2v) is 10.4. The molecule has 3 amide bonds. The van der Waals surface area contributed by atoms with E-state index in [-0.39, 0.29) is 30.6 Å². The number of nitrogens with one attached hydrogen (secondary N) is 1. The van der Waals surface area contributed by atoms with Gasteiger partial charge in [-0.05, 0) is 36.7 Å². The maximum Gasteiger partial charge on any atom is 0.318 e. The lowest BCUT2D eigenvalue weighted by atomic mass is 10.1. The van der Waals surface area contributed by atoms with Crippen LogP contribution in [0.2, 0.25) is 0 Å². The molecule has 33 heavy (non-hydrogen) atoms.